The zero-order valence-corrected chi connectivity index (χ0v) is 10.4. The molecule has 0 aromatic carbocycles. The number of amides is 1. The van der Waals surface area contributed by atoms with Crippen molar-refractivity contribution in [2.45, 2.75) is 39.3 Å². The Labute approximate surface area is 101 Å². The van der Waals surface area contributed by atoms with Crippen LogP contribution in [-0.4, -0.2) is 21.5 Å². The fourth-order valence-corrected chi connectivity index (χ4v) is 1.55. The smallest absolute Gasteiger partial charge is 0.219 e. The van der Waals surface area contributed by atoms with Gasteiger partial charge in [-0.25, -0.2) is 0 Å². The van der Waals surface area contributed by atoms with Gasteiger partial charge in [0.2, 0.25) is 5.91 Å². The van der Waals surface area contributed by atoms with E-state index in [1.165, 1.54) is 0 Å². The number of carbonyl (C=O) groups is 1. The highest BCUT2D eigenvalue weighted by Crippen LogP contribution is 2.16. The maximum atomic E-state index is 10.9. The molecule has 0 aliphatic heterocycles. The third-order valence-corrected chi connectivity index (χ3v) is 2.44. The lowest BCUT2D eigenvalue weighted by Crippen LogP contribution is -2.42. The lowest BCUT2D eigenvalue weighted by molar-refractivity contribution is -0.119. The molecule has 1 heterocycles. The molecular formula is C12H19N3O2. The zero-order valence-electron chi connectivity index (χ0n) is 10.4. The quantitative estimate of drug-likeness (QED) is 0.708. The minimum absolute atomic E-state index is 0.151. The monoisotopic (exact) mass is 237 g/mol. The number of primary amides is 1. The van der Waals surface area contributed by atoms with E-state index in [0.717, 1.165) is 5.69 Å². The predicted octanol–water partition coefficient (Wildman–Crippen LogP) is 0.839. The van der Waals surface area contributed by atoms with Crippen LogP contribution in [0.25, 0.3) is 0 Å². The first-order chi connectivity index (χ1) is 7.80. The molecule has 4 N–H and O–H groups in total. The summed E-state index contributed by atoms with van der Waals surface area (Å²) >= 11 is 0. The van der Waals surface area contributed by atoms with Crippen LogP contribution >= 0.6 is 0 Å². The van der Waals surface area contributed by atoms with Crippen LogP contribution in [0.2, 0.25) is 0 Å². The largest absolute Gasteiger partial charge is 0.506 e. The molecule has 0 atom stereocenters. The molecule has 0 bridgehead atoms. The number of nitrogens with two attached hydrogens (primary N) is 1. The van der Waals surface area contributed by atoms with Gasteiger partial charge in [0.1, 0.15) is 5.75 Å². The zero-order chi connectivity index (χ0) is 13.1. The topological polar surface area (TPSA) is 88.2 Å². The molecule has 0 aliphatic carbocycles. The first kappa shape index (κ1) is 13.4. The number of nitrogens with zero attached hydrogens (tertiary/aromatic N) is 1. The third-order valence-electron chi connectivity index (χ3n) is 2.44. The summed E-state index contributed by atoms with van der Waals surface area (Å²) in [6, 6.07) is 3.35. The van der Waals surface area contributed by atoms with E-state index in [1.54, 1.807) is 12.1 Å². The predicted molar refractivity (Wildman–Crippen MR) is 65.4 cm³/mol. The highest BCUT2D eigenvalue weighted by atomic mass is 16.3. The Balaban J connectivity index is 2.66. The van der Waals surface area contributed by atoms with Gasteiger partial charge >= 0.3 is 0 Å². The van der Waals surface area contributed by atoms with Crippen molar-refractivity contribution in [3.05, 3.63) is 23.5 Å². The van der Waals surface area contributed by atoms with Crippen molar-refractivity contribution in [2.75, 3.05) is 0 Å². The fourth-order valence-electron chi connectivity index (χ4n) is 1.55. The summed E-state index contributed by atoms with van der Waals surface area (Å²) in [5.74, 6) is -0.207. The Morgan fingerprint density at radius 1 is 1.53 bits per heavy atom. The van der Waals surface area contributed by atoms with Gasteiger partial charge in [0.15, 0.2) is 0 Å². The molecule has 94 valence electrons. The summed E-state index contributed by atoms with van der Waals surface area (Å²) in [6.45, 7) is 6.01. The summed E-state index contributed by atoms with van der Waals surface area (Å²) in [6.07, 6.45) is 0.236. The molecule has 0 saturated carbocycles. The lowest BCUT2D eigenvalue weighted by atomic mass is 10.0. The number of pyridine rings is 1. The van der Waals surface area contributed by atoms with Gasteiger partial charge in [-0.05, 0) is 32.9 Å². The Morgan fingerprint density at radius 3 is 2.76 bits per heavy atom. The molecule has 5 heteroatoms. The number of hydrogen-bond acceptors (Lipinski definition) is 4. The van der Waals surface area contributed by atoms with Crippen molar-refractivity contribution in [1.29, 1.82) is 0 Å². The van der Waals surface area contributed by atoms with Gasteiger partial charge in [0.05, 0.1) is 5.69 Å². The molecule has 1 amide bonds. The number of nitrogens with one attached hydrogen (secondary N) is 1. The lowest BCUT2D eigenvalue weighted by Gasteiger charge is -2.24. The van der Waals surface area contributed by atoms with Gasteiger partial charge in [-0.3, -0.25) is 9.78 Å². The minimum Gasteiger partial charge on any atom is -0.506 e. The van der Waals surface area contributed by atoms with Gasteiger partial charge < -0.3 is 16.2 Å². The van der Waals surface area contributed by atoms with E-state index >= 15 is 0 Å². The van der Waals surface area contributed by atoms with E-state index in [1.807, 2.05) is 20.8 Å². The van der Waals surface area contributed by atoms with E-state index in [4.69, 9.17) is 5.73 Å². The van der Waals surface area contributed by atoms with Crippen LogP contribution in [0.3, 0.4) is 0 Å². The van der Waals surface area contributed by atoms with Crippen LogP contribution in [0.5, 0.6) is 5.75 Å². The maximum Gasteiger partial charge on any atom is 0.219 e. The molecule has 17 heavy (non-hydrogen) atoms. The molecule has 5 nitrogen and oxygen atoms in total. The van der Waals surface area contributed by atoms with Crippen molar-refractivity contribution in [2.24, 2.45) is 5.73 Å². The number of carbonyl (C=O) groups excluding carboxylic acids is 1. The third kappa shape index (κ3) is 4.40. The van der Waals surface area contributed by atoms with Crippen molar-refractivity contribution in [3.63, 3.8) is 0 Å². The maximum absolute atomic E-state index is 10.9. The number of aromatic nitrogens is 1. The second-order valence-corrected chi connectivity index (χ2v) is 4.80. The van der Waals surface area contributed by atoms with Crippen LogP contribution in [0.4, 0.5) is 0 Å². The molecule has 0 fully saturated rings. The van der Waals surface area contributed by atoms with E-state index in [2.05, 4.69) is 10.3 Å². The van der Waals surface area contributed by atoms with Gasteiger partial charge in [-0.1, -0.05) is 0 Å². The summed E-state index contributed by atoms with van der Waals surface area (Å²) < 4.78 is 0. The first-order valence-corrected chi connectivity index (χ1v) is 5.49. The number of aromatic hydroxyl groups is 1. The van der Waals surface area contributed by atoms with E-state index < -0.39 is 5.54 Å². The Morgan fingerprint density at radius 2 is 2.18 bits per heavy atom. The van der Waals surface area contributed by atoms with Crippen LogP contribution in [0.15, 0.2) is 12.1 Å². The summed E-state index contributed by atoms with van der Waals surface area (Å²) in [5, 5.41) is 12.8. The summed E-state index contributed by atoms with van der Waals surface area (Å²) in [5.41, 5.74) is 6.16. The van der Waals surface area contributed by atoms with Gasteiger partial charge in [-0.15, -0.1) is 0 Å². The number of aryl methyl sites for hydroxylation is 1. The molecule has 1 aromatic rings. The van der Waals surface area contributed by atoms with Crippen LogP contribution in [-0.2, 0) is 11.3 Å². The van der Waals surface area contributed by atoms with Gasteiger partial charge in [0, 0.05) is 24.2 Å². The highest BCUT2D eigenvalue weighted by Gasteiger charge is 2.20. The van der Waals surface area contributed by atoms with Gasteiger partial charge in [0.25, 0.3) is 0 Å². The van der Waals surface area contributed by atoms with E-state index in [9.17, 15) is 9.90 Å². The van der Waals surface area contributed by atoms with E-state index in [0.29, 0.717) is 12.2 Å². The van der Waals surface area contributed by atoms with Crippen molar-refractivity contribution < 1.29 is 9.90 Å². The van der Waals surface area contributed by atoms with Crippen LogP contribution in [0.1, 0.15) is 31.7 Å². The van der Waals surface area contributed by atoms with Crippen molar-refractivity contribution in [1.82, 2.24) is 10.3 Å². The SMILES string of the molecule is Cc1ccc(O)c(CNC(C)(C)CC(N)=O)n1. The number of hydrogen-bond donors (Lipinski definition) is 3. The Kier molecular flexibility index (Phi) is 4.07. The van der Waals surface area contributed by atoms with Crippen molar-refractivity contribution >= 4 is 5.91 Å². The highest BCUT2D eigenvalue weighted by molar-refractivity contribution is 5.74. The summed E-state index contributed by atoms with van der Waals surface area (Å²) in [4.78, 5) is 15.1. The van der Waals surface area contributed by atoms with Crippen LogP contribution in [0, 0.1) is 6.92 Å². The minimum atomic E-state index is -0.413. The summed E-state index contributed by atoms with van der Waals surface area (Å²) in [7, 11) is 0. The first-order valence-electron chi connectivity index (χ1n) is 5.49. The fraction of sp³-hybridized carbons (Fsp3) is 0.500. The van der Waals surface area contributed by atoms with Crippen molar-refractivity contribution in [3.8, 4) is 5.75 Å². The number of rotatable bonds is 5. The second-order valence-electron chi connectivity index (χ2n) is 4.80. The molecule has 1 aromatic heterocycles. The second kappa shape index (κ2) is 5.14. The Hall–Kier alpha value is -1.62. The molecule has 0 aliphatic rings. The normalized spacial score (nSPS) is 11.5. The standard InChI is InChI=1S/C12H19N3O2/c1-8-4-5-10(16)9(15-8)7-14-12(2,3)6-11(13)17/h4-5,14,16H,6-7H2,1-3H3,(H2,13,17). The average molecular weight is 237 g/mol. The molecule has 0 spiro atoms. The average Bonchev–Trinajstić information content (AvgIpc) is 2.17. The Bertz CT molecular complexity index is 416. The molecule has 0 saturated heterocycles. The van der Waals surface area contributed by atoms with Crippen LogP contribution < -0.4 is 11.1 Å². The molecule has 0 unspecified atom stereocenters. The molecule has 1 rings (SSSR count). The van der Waals surface area contributed by atoms with E-state index in [-0.39, 0.29) is 18.1 Å². The molecular weight excluding hydrogens is 218 g/mol. The van der Waals surface area contributed by atoms with Gasteiger partial charge in [-0.2, -0.15) is 0 Å². The molecule has 0 radical (unpaired) electrons.